The third-order valence-electron chi connectivity index (χ3n) is 6.60. The molecule has 4 heterocycles. The minimum Gasteiger partial charge on any atom is -0.441 e. The molecule has 186 valence electrons. The fourth-order valence-electron chi connectivity index (χ4n) is 4.62. The van der Waals surface area contributed by atoms with Crippen molar-refractivity contribution in [1.82, 2.24) is 19.8 Å². The van der Waals surface area contributed by atoms with Gasteiger partial charge in [-0.3, -0.25) is 0 Å². The van der Waals surface area contributed by atoms with Crippen molar-refractivity contribution in [3.8, 4) is 11.1 Å². The van der Waals surface area contributed by atoms with Crippen molar-refractivity contribution in [2.24, 2.45) is 0 Å². The lowest BCUT2D eigenvalue weighted by atomic mass is 10.0. The van der Waals surface area contributed by atoms with Crippen molar-refractivity contribution in [2.75, 3.05) is 50.9 Å². The normalized spacial score (nSPS) is 17.6. The molecule has 1 atom stereocenters. The van der Waals surface area contributed by atoms with Gasteiger partial charge in [0.1, 0.15) is 0 Å². The summed E-state index contributed by atoms with van der Waals surface area (Å²) in [7, 11) is 0. The number of hydrogen-bond donors (Lipinski definition) is 2. The second-order valence-electron chi connectivity index (χ2n) is 9.47. The molecule has 0 radical (unpaired) electrons. The lowest BCUT2D eigenvalue weighted by Gasteiger charge is -2.37. The molecule has 2 saturated heterocycles. The summed E-state index contributed by atoms with van der Waals surface area (Å²) in [6.07, 6.45) is 3.50. The van der Waals surface area contributed by atoms with Crippen LogP contribution in [-0.2, 0) is 9.47 Å². The quantitative estimate of drug-likeness (QED) is 0.538. The van der Waals surface area contributed by atoms with Gasteiger partial charge in [-0.1, -0.05) is 38.1 Å². The number of aliphatic hydroxyl groups excluding tert-OH is 1. The minimum absolute atomic E-state index is 0.0565. The number of anilines is 1. The second kappa shape index (κ2) is 10.2. The molecule has 0 spiro atoms. The predicted molar refractivity (Wildman–Crippen MR) is 134 cm³/mol. The Morgan fingerprint density at radius 1 is 1.14 bits per heavy atom. The van der Waals surface area contributed by atoms with Gasteiger partial charge in [-0.05, 0) is 23.3 Å². The van der Waals surface area contributed by atoms with Crippen LogP contribution in [0.3, 0.4) is 0 Å². The summed E-state index contributed by atoms with van der Waals surface area (Å²) < 4.78 is 12.4. The van der Waals surface area contributed by atoms with Gasteiger partial charge in [-0.25, -0.2) is 9.31 Å². The topological polar surface area (TPSA) is 91.6 Å². The first-order valence-corrected chi connectivity index (χ1v) is 12.2. The fourth-order valence-corrected chi connectivity index (χ4v) is 4.62. The minimum atomic E-state index is -0.252. The third-order valence-corrected chi connectivity index (χ3v) is 6.60. The van der Waals surface area contributed by atoms with Gasteiger partial charge in [-0.15, -0.1) is 0 Å². The van der Waals surface area contributed by atoms with Crippen LogP contribution in [0.5, 0.6) is 0 Å². The highest BCUT2D eigenvalue weighted by Crippen LogP contribution is 2.29. The van der Waals surface area contributed by atoms with Gasteiger partial charge < -0.3 is 29.7 Å². The summed E-state index contributed by atoms with van der Waals surface area (Å²) in [6, 6.07) is 12.7. The summed E-state index contributed by atoms with van der Waals surface area (Å²) in [4.78, 5) is 16.4. The highest BCUT2D eigenvalue weighted by atomic mass is 16.6. The third kappa shape index (κ3) is 5.12. The summed E-state index contributed by atoms with van der Waals surface area (Å²) in [5.74, 6) is 0. The molecule has 2 aliphatic rings. The van der Waals surface area contributed by atoms with E-state index in [1.165, 1.54) is 0 Å². The van der Waals surface area contributed by atoms with Gasteiger partial charge in [0.05, 0.1) is 37.1 Å². The van der Waals surface area contributed by atoms with E-state index in [4.69, 9.17) is 9.47 Å². The number of carbonyl (C=O) groups is 1. The number of amides is 1. The van der Waals surface area contributed by atoms with E-state index in [2.05, 4.69) is 59.5 Å². The van der Waals surface area contributed by atoms with Gasteiger partial charge >= 0.3 is 6.09 Å². The van der Waals surface area contributed by atoms with Crippen LogP contribution in [0.1, 0.15) is 25.5 Å². The number of ether oxygens (including phenoxy) is 2. The van der Waals surface area contributed by atoms with E-state index in [-0.39, 0.29) is 30.9 Å². The number of nitrogens with one attached hydrogen (secondary N) is 1. The Kier molecular flexibility index (Phi) is 6.90. The summed E-state index contributed by atoms with van der Waals surface area (Å²) in [5.41, 5.74) is 5.38. The molecular formula is C26H33N5O4. The Bertz CT molecular complexity index is 1150. The highest BCUT2D eigenvalue weighted by molar-refractivity contribution is 5.80. The first-order chi connectivity index (χ1) is 17.0. The SMILES string of the molecule is CC(C)N[C@H](CO)c1ccc(-c2cc3c(N4CCN(C(=O)OC5COC5)CC4)ccnn3c2)cc1. The van der Waals surface area contributed by atoms with Gasteiger partial charge in [-0.2, -0.15) is 5.10 Å². The molecule has 3 aromatic rings. The average Bonchev–Trinajstić information content (AvgIpc) is 3.29. The van der Waals surface area contributed by atoms with Crippen molar-refractivity contribution < 1.29 is 19.4 Å². The molecule has 0 unspecified atom stereocenters. The fraction of sp³-hybridized carbons (Fsp3) is 0.462. The maximum atomic E-state index is 12.4. The molecule has 9 heteroatoms. The van der Waals surface area contributed by atoms with Crippen LogP contribution in [0.25, 0.3) is 16.6 Å². The lowest BCUT2D eigenvalue weighted by Crippen LogP contribution is -2.51. The van der Waals surface area contributed by atoms with E-state index >= 15 is 0 Å². The van der Waals surface area contributed by atoms with Crippen molar-refractivity contribution in [1.29, 1.82) is 0 Å². The molecule has 1 aromatic carbocycles. The zero-order valence-corrected chi connectivity index (χ0v) is 20.3. The maximum Gasteiger partial charge on any atom is 0.410 e. The van der Waals surface area contributed by atoms with Crippen LogP contribution in [0, 0.1) is 0 Å². The number of carbonyl (C=O) groups excluding carboxylic acids is 1. The summed E-state index contributed by atoms with van der Waals surface area (Å²) >= 11 is 0. The first-order valence-electron chi connectivity index (χ1n) is 12.2. The molecule has 35 heavy (non-hydrogen) atoms. The van der Waals surface area contributed by atoms with Gasteiger partial charge in [0.2, 0.25) is 0 Å². The van der Waals surface area contributed by atoms with E-state index < -0.39 is 0 Å². The van der Waals surface area contributed by atoms with Crippen LogP contribution in [0.4, 0.5) is 10.5 Å². The van der Waals surface area contributed by atoms with E-state index in [1.54, 1.807) is 4.90 Å². The van der Waals surface area contributed by atoms with Crippen molar-refractivity contribution in [2.45, 2.75) is 32.0 Å². The van der Waals surface area contributed by atoms with E-state index in [9.17, 15) is 9.90 Å². The highest BCUT2D eigenvalue weighted by Gasteiger charge is 2.28. The largest absolute Gasteiger partial charge is 0.441 e. The van der Waals surface area contributed by atoms with Gasteiger partial charge in [0.15, 0.2) is 6.10 Å². The number of hydrogen-bond acceptors (Lipinski definition) is 7. The lowest BCUT2D eigenvalue weighted by molar-refractivity contribution is -0.104. The molecule has 0 aliphatic carbocycles. The molecule has 1 amide bonds. The molecule has 0 bridgehead atoms. The molecular weight excluding hydrogens is 446 g/mol. The zero-order chi connectivity index (χ0) is 24.4. The van der Waals surface area contributed by atoms with Gasteiger partial charge in [0.25, 0.3) is 0 Å². The molecule has 2 aliphatic heterocycles. The Labute approximate surface area is 205 Å². The summed E-state index contributed by atoms with van der Waals surface area (Å²) in [5, 5.41) is 17.7. The Morgan fingerprint density at radius 2 is 1.89 bits per heavy atom. The Morgan fingerprint density at radius 3 is 2.51 bits per heavy atom. The molecule has 9 nitrogen and oxygen atoms in total. The van der Waals surface area contributed by atoms with Crippen LogP contribution in [0.15, 0.2) is 48.8 Å². The number of benzene rings is 1. The second-order valence-corrected chi connectivity index (χ2v) is 9.47. The van der Waals surface area contributed by atoms with Crippen LogP contribution in [-0.4, -0.2) is 83.9 Å². The smallest absolute Gasteiger partial charge is 0.410 e. The number of nitrogens with zero attached hydrogens (tertiary/aromatic N) is 4. The number of aromatic nitrogens is 2. The van der Waals surface area contributed by atoms with Crippen LogP contribution in [0.2, 0.25) is 0 Å². The number of rotatable bonds is 7. The molecule has 0 saturated carbocycles. The molecule has 2 fully saturated rings. The van der Waals surface area contributed by atoms with E-state index in [0.29, 0.717) is 26.3 Å². The Balaban J connectivity index is 1.29. The Hall–Kier alpha value is -3.14. The maximum absolute atomic E-state index is 12.4. The van der Waals surface area contributed by atoms with Crippen molar-refractivity contribution in [3.63, 3.8) is 0 Å². The first kappa shape index (κ1) is 23.6. The average molecular weight is 480 g/mol. The van der Waals surface area contributed by atoms with Crippen LogP contribution >= 0.6 is 0 Å². The van der Waals surface area contributed by atoms with Crippen molar-refractivity contribution in [3.05, 3.63) is 54.4 Å². The van der Waals surface area contributed by atoms with Gasteiger partial charge in [0, 0.05) is 50.2 Å². The standard InChI is InChI=1S/C26H33N5O4/c1-18(2)28-23(15-32)20-5-3-19(4-6-20)21-13-25-24(7-8-27-31(25)14-21)29-9-11-30(12-10-29)26(33)35-22-16-34-17-22/h3-8,13-14,18,22-23,28,32H,9-12,15-17H2,1-2H3/t23-/m1/s1. The monoisotopic (exact) mass is 479 g/mol. The molecule has 2 aromatic heterocycles. The molecule has 5 rings (SSSR count). The number of fused-ring (bicyclic) bond motifs is 1. The molecule has 2 N–H and O–H groups in total. The van der Waals surface area contributed by atoms with E-state index in [1.807, 2.05) is 23.0 Å². The van der Waals surface area contributed by atoms with Crippen molar-refractivity contribution >= 4 is 17.3 Å². The number of aliphatic hydroxyl groups is 1. The van der Waals surface area contributed by atoms with E-state index in [0.717, 1.165) is 41.0 Å². The van der Waals surface area contributed by atoms with Crippen LogP contribution < -0.4 is 10.2 Å². The zero-order valence-electron chi connectivity index (χ0n) is 20.3. The number of piperazine rings is 1. The summed E-state index contributed by atoms with van der Waals surface area (Å²) in [6.45, 7) is 7.90. The predicted octanol–water partition coefficient (Wildman–Crippen LogP) is 2.69.